The minimum atomic E-state index is -0.486. The Hall–Kier alpha value is -2.96. The lowest BCUT2D eigenvalue weighted by Crippen LogP contribution is -2.31. The Labute approximate surface area is 132 Å². The molecular weight excluding hydrogens is 298 g/mol. The van der Waals surface area contributed by atoms with Crippen LogP contribution in [0.5, 0.6) is 0 Å². The standard InChI is InChI=1S/C16H17N3O4/c1-2-23-16(22)13-5-6-14(20)19(11-13)9-8-18-15(21)12-4-3-7-17-10-12/h3-7,10-11H,2,8-9H2,1H3,(H,18,21). The van der Waals surface area contributed by atoms with Crippen molar-refractivity contribution in [3.63, 3.8) is 0 Å². The molecule has 0 fully saturated rings. The van der Waals surface area contributed by atoms with Gasteiger partial charge in [0.05, 0.1) is 17.7 Å². The first-order valence-corrected chi connectivity index (χ1v) is 7.17. The number of carbonyl (C=O) groups excluding carboxylic acids is 2. The van der Waals surface area contributed by atoms with Crippen molar-refractivity contribution in [2.75, 3.05) is 13.2 Å². The van der Waals surface area contributed by atoms with Gasteiger partial charge < -0.3 is 14.6 Å². The smallest absolute Gasteiger partial charge is 0.339 e. The number of rotatable bonds is 6. The number of pyridine rings is 2. The minimum Gasteiger partial charge on any atom is -0.462 e. The Bertz CT molecular complexity index is 740. The second-order valence-corrected chi connectivity index (χ2v) is 4.67. The van der Waals surface area contributed by atoms with Gasteiger partial charge in [-0.25, -0.2) is 4.79 Å². The molecule has 0 aliphatic rings. The fourth-order valence-corrected chi connectivity index (χ4v) is 1.93. The maximum Gasteiger partial charge on any atom is 0.339 e. The zero-order valence-corrected chi connectivity index (χ0v) is 12.7. The van der Waals surface area contributed by atoms with E-state index in [1.54, 1.807) is 25.3 Å². The summed E-state index contributed by atoms with van der Waals surface area (Å²) in [6.45, 7) is 2.47. The zero-order chi connectivity index (χ0) is 16.7. The lowest BCUT2D eigenvalue weighted by atomic mass is 10.2. The fraction of sp³-hybridized carbons (Fsp3) is 0.250. The van der Waals surface area contributed by atoms with Crippen LogP contribution in [0.1, 0.15) is 27.6 Å². The number of ether oxygens (including phenoxy) is 1. The molecule has 7 heteroatoms. The van der Waals surface area contributed by atoms with Crippen LogP contribution in [0.3, 0.4) is 0 Å². The molecule has 0 unspecified atom stereocenters. The number of aromatic nitrogens is 2. The molecule has 0 aliphatic carbocycles. The number of esters is 1. The minimum absolute atomic E-state index is 0.248. The van der Waals surface area contributed by atoms with Gasteiger partial charge in [0.2, 0.25) is 0 Å². The Morgan fingerprint density at radius 2 is 2.09 bits per heavy atom. The summed E-state index contributed by atoms with van der Waals surface area (Å²) in [5.74, 6) is -0.756. The Morgan fingerprint density at radius 1 is 1.26 bits per heavy atom. The van der Waals surface area contributed by atoms with E-state index in [2.05, 4.69) is 10.3 Å². The molecule has 0 spiro atoms. The number of hydrogen-bond acceptors (Lipinski definition) is 5. The average Bonchev–Trinajstić information content (AvgIpc) is 2.57. The molecule has 0 saturated carbocycles. The molecule has 23 heavy (non-hydrogen) atoms. The third kappa shape index (κ3) is 4.50. The third-order valence-corrected chi connectivity index (χ3v) is 3.06. The van der Waals surface area contributed by atoms with Crippen molar-refractivity contribution in [1.29, 1.82) is 0 Å². The Kier molecular flexibility index (Phi) is 5.62. The summed E-state index contributed by atoms with van der Waals surface area (Å²) in [5, 5.41) is 2.69. The predicted molar refractivity (Wildman–Crippen MR) is 83.2 cm³/mol. The van der Waals surface area contributed by atoms with Gasteiger partial charge >= 0.3 is 5.97 Å². The molecule has 1 amide bonds. The van der Waals surface area contributed by atoms with E-state index in [-0.39, 0.29) is 31.2 Å². The topological polar surface area (TPSA) is 90.3 Å². The molecule has 2 aromatic heterocycles. The van der Waals surface area contributed by atoms with Gasteiger partial charge in [0.15, 0.2) is 0 Å². The molecule has 2 heterocycles. The van der Waals surface area contributed by atoms with Crippen LogP contribution in [0, 0.1) is 0 Å². The molecule has 0 bridgehead atoms. The molecule has 0 aliphatic heterocycles. The Morgan fingerprint density at radius 3 is 2.78 bits per heavy atom. The molecule has 0 saturated heterocycles. The van der Waals surface area contributed by atoms with Crippen LogP contribution in [-0.2, 0) is 11.3 Å². The third-order valence-electron chi connectivity index (χ3n) is 3.06. The van der Waals surface area contributed by atoms with E-state index in [1.807, 2.05) is 0 Å². The van der Waals surface area contributed by atoms with Crippen molar-refractivity contribution in [2.45, 2.75) is 13.5 Å². The van der Waals surface area contributed by atoms with Crippen LogP contribution in [0.25, 0.3) is 0 Å². The maximum atomic E-state index is 11.9. The van der Waals surface area contributed by atoms with E-state index in [9.17, 15) is 14.4 Å². The van der Waals surface area contributed by atoms with E-state index >= 15 is 0 Å². The van der Waals surface area contributed by atoms with Gasteiger partial charge in [-0.1, -0.05) is 0 Å². The number of amides is 1. The van der Waals surface area contributed by atoms with Crippen molar-refractivity contribution in [2.24, 2.45) is 0 Å². The van der Waals surface area contributed by atoms with E-state index in [0.717, 1.165) is 0 Å². The van der Waals surface area contributed by atoms with E-state index < -0.39 is 5.97 Å². The summed E-state index contributed by atoms with van der Waals surface area (Å²) in [6, 6.07) is 6.04. The predicted octanol–water partition coefficient (Wildman–Crippen LogP) is 0.850. The quantitative estimate of drug-likeness (QED) is 0.798. The highest BCUT2D eigenvalue weighted by Crippen LogP contribution is 1.99. The van der Waals surface area contributed by atoms with Crippen LogP contribution in [0.15, 0.2) is 47.7 Å². The van der Waals surface area contributed by atoms with E-state index in [1.165, 1.54) is 29.1 Å². The molecule has 0 radical (unpaired) electrons. The second-order valence-electron chi connectivity index (χ2n) is 4.67. The van der Waals surface area contributed by atoms with Gasteiger partial charge in [-0.2, -0.15) is 0 Å². The summed E-state index contributed by atoms with van der Waals surface area (Å²) in [5.41, 5.74) is 0.485. The van der Waals surface area contributed by atoms with Crippen molar-refractivity contribution < 1.29 is 14.3 Å². The summed E-state index contributed by atoms with van der Waals surface area (Å²) >= 11 is 0. The van der Waals surface area contributed by atoms with Crippen LogP contribution in [0.2, 0.25) is 0 Å². The highest BCUT2D eigenvalue weighted by atomic mass is 16.5. The monoisotopic (exact) mass is 315 g/mol. The first-order valence-electron chi connectivity index (χ1n) is 7.17. The molecular formula is C16H17N3O4. The summed E-state index contributed by atoms with van der Waals surface area (Å²) in [7, 11) is 0. The summed E-state index contributed by atoms with van der Waals surface area (Å²) in [6.07, 6.45) is 4.47. The summed E-state index contributed by atoms with van der Waals surface area (Å²) in [4.78, 5) is 39.2. The molecule has 2 aromatic rings. The van der Waals surface area contributed by atoms with Gasteiger partial charge in [0.1, 0.15) is 0 Å². The number of nitrogens with one attached hydrogen (secondary N) is 1. The molecule has 1 N–H and O–H groups in total. The molecule has 120 valence electrons. The number of nitrogens with zero attached hydrogens (tertiary/aromatic N) is 2. The largest absolute Gasteiger partial charge is 0.462 e. The van der Waals surface area contributed by atoms with Gasteiger partial charge in [-0.3, -0.25) is 14.6 Å². The van der Waals surface area contributed by atoms with Gasteiger partial charge in [-0.15, -0.1) is 0 Å². The van der Waals surface area contributed by atoms with Gasteiger partial charge in [-0.05, 0) is 25.1 Å². The second kappa shape index (κ2) is 7.88. The van der Waals surface area contributed by atoms with Gasteiger partial charge in [0, 0.05) is 37.7 Å². The SMILES string of the molecule is CCOC(=O)c1ccc(=O)n(CCNC(=O)c2cccnc2)c1. The molecule has 7 nitrogen and oxygen atoms in total. The van der Waals surface area contributed by atoms with Crippen LogP contribution < -0.4 is 10.9 Å². The maximum absolute atomic E-state index is 11.9. The van der Waals surface area contributed by atoms with E-state index in [4.69, 9.17) is 4.74 Å². The highest BCUT2D eigenvalue weighted by Gasteiger charge is 2.09. The van der Waals surface area contributed by atoms with Crippen molar-refractivity contribution in [1.82, 2.24) is 14.9 Å². The first kappa shape index (κ1) is 16.4. The van der Waals surface area contributed by atoms with Crippen LogP contribution in [0.4, 0.5) is 0 Å². The zero-order valence-electron chi connectivity index (χ0n) is 12.7. The molecule has 0 aromatic carbocycles. The first-order chi connectivity index (χ1) is 11.1. The lowest BCUT2D eigenvalue weighted by Gasteiger charge is -2.09. The van der Waals surface area contributed by atoms with Gasteiger partial charge in [0.25, 0.3) is 11.5 Å². The fourth-order valence-electron chi connectivity index (χ4n) is 1.93. The number of hydrogen-bond donors (Lipinski definition) is 1. The lowest BCUT2D eigenvalue weighted by molar-refractivity contribution is 0.0525. The average molecular weight is 315 g/mol. The number of carbonyl (C=O) groups is 2. The molecule has 2 rings (SSSR count). The van der Waals surface area contributed by atoms with Crippen molar-refractivity contribution in [3.05, 3.63) is 64.3 Å². The van der Waals surface area contributed by atoms with Crippen molar-refractivity contribution in [3.8, 4) is 0 Å². The molecule has 0 atom stereocenters. The summed E-state index contributed by atoms with van der Waals surface area (Å²) < 4.78 is 6.25. The van der Waals surface area contributed by atoms with Crippen LogP contribution >= 0.6 is 0 Å². The van der Waals surface area contributed by atoms with Crippen LogP contribution in [-0.4, -0.2) is 34.6 Å². The van der Waals surface area contributed by atoms with E-state index in [0.29, 0.717) is 11.1 Å². The highest BCUT2D eigenvalue weighted by molar-refractivity contribution is 5.93. The normalized spacial score (nSPS) is 10.1. The van der Waals surface area contributed by atoms with Crippen molar-refractivity contribution >= 4 is 11.9 Å². The Balaban J connectivity index is 1.98.